The average Bonchev–Trinajstić information content (AvgIpc) is 2.94. The third-order valence-corrected chi connectivity index (χ3v) is 2.84. The minimum absolute atomic E-state index is 0.145. The maximum Gasteiger partial charge on any atom is 0.241 e. The molecule has 5 nitrogen and oxygen atoms in total. The molecule has 1 atom stereocenters. The average molecular weight is 258 g/mol. The van der Waals surface area contributed by atoms with Gasteiger partial charge in [-0.3, -0.25) is 4.79 Å². The molecule has 1 aromatic heterocycles. The highest BCUT2D eigenvalue weighted by molar-refractivity contribution is 5.94. The van der Waals surface area contributed by atoms with Crippen LogP contribution >= 0.6 is 0 Å². The molecule has 1 aromatic carbocycles. The molecule has 100 valence electrons. The molecule has 19 heavy (non-hydrogen) atoms. The van der Waals surface area contributed by atoms with E-state index >= 15 is 0 Å². The van der Waals surface area contributed by atoms with Crippen molar-refractivity contribution in [2.75, 3.05) is 5.32 Å². The molecule has 0 aliphatic heterocycles. The van der Waals surface area contributed by atoms with Crippen molar-refractivity contribution in [2.45, 2.75) is 25.8 Å². The molecule has 0 spiro atoms. The highest BCUT2D eigenvalue weighted by Gasteiger charge is 2.12. The lowest BCUT2D eigenvalue weighted by Gasteiger charge is -2.11. The maximum atomic E-state index is 11.8. The number of nitrogens with one attached hydrogen (secondary N) is 1. The van der Waals surface area contributed by atoms with Crippen LogP contribution in [0.25, 0.3) is 5.69 Å². The summed E-state index contributed by atoms with van der Waals surface area (Å²) in [6.45, 7) is 2.01. The Hall–Kier alpha value is -2.14. The standard InChI is InChI=1S/C14H18N4O/c1-2-4-13(15)14(19)17-11-5-7-12(8-6-11)18-10-3-9-16-18/h3,5-10,13H,2,4,15H2,1H3,(H,17,19)/t13-/m1/s1. The number of nitrogens with zero attached hydrogens (tertiary/aromatic N) is 2. The molecule has 3 N–H and O–H groups in total. The summed E-state index contributed by atoms with van der Waals surface area (Å²) in [7, 11) is 0. The van der Waals surface area contributed by atoms with Crippen LogP contribution in [0.1, 0.15) is 19.8 Å². The number of carbonyl (C=O) groups excluding carboxylic acids is 1. The minimum Gasteiger partial charge on any atom is -0.325 e. The third-order valence-electron chi connectivity index (χ3n) is 2.84. The van der Waals surface area contributed by atoms with Gasteiger partial charge in [0.2, 0.25) is 5.91 Å². The SMILES string of the molecule is CCC[C@@H](N)C(=O)Nc1ccc(-n2cccn2)cc1. The zero-order valence-electron chi connectivity index (χ0n) is 10.9. The van der Waals surface area contributed by atoms with Gasteiger partial charge in [0, 0.05) is 18.1 Å². The smallest absolute Gasteiger partial charge is 0.241 e. The Kier molecular flexibility index (Phi) is 4.30. The molecule has 2 rings (SSSR count). The zero-order valence-corrected chi connectivity index (χ0v) is 10.9. The van der Waals surface area contributed by atoms with E-state index in [9.17, 15) is 4.79 Å². The molecule has 5 heteroatoms. The van der Waals surface area contributed by atoms with Crippen LogP contribution in [-0.4, -0.2) is 21.7 Å². The summed E-state index contributed by atoms with van der Waals surface area (Å²) in [6.07, 6.45) is 5.17. The van der Waals surface area contributed by atoms with Crippen molar-refractivity contribution in [1.82, 2.24) is 9.78 Å². The predicted octanol–water partition coefficient (Wildman–Crippen LogP) is 1.94. The van der Waals surface area contributed by atoms with Crippen molar-refractivity contribution < 1.29 is 4.79 Å². The van der Waals surface area contributed by atoms with Crippen LogP contribution in [0.2, 0.25) is 0 Å². The first-order valence-corrected chi connectivity index (χ1v) is 6.37. The highest BCUT2D eigenvalue weighted by atomic mass is 16.2. The second kappa shape index (κ2) is 6.15. The van der Waals surface area contributed by atoms with E-state index in [1.165, 1.54) is 0 Å². The van der Waals surface area contributed by atoms with Crippen molar-refractivity contribution in [2.24, 2.45) is 5.73 Å². The summed E-state index contributed by atoms with van der Waals surface area (Å²) >= 11 is 0. The van der Waals surface area contributed by atoms with Gasteiger partial charge in [0.25, 0.3) is 0 Å². The molecular weight excluding hydrogens is 240 g/mol. The van der Waals surface area contributed by atoms with Crippen LogP contribution in [0, 0.1) is 0 Å². The summed E-state index contributed by atoms with van der Waals surface area (Å²) in [5.74, 6) is -0.145. The first-order chi connectivity index (χ1) is 9.20. The molecule has 2 aromatic rings. The molecule has 0 saturated carbocycles. The lowest BCUT2D eigenvalue weighted by Crippen LogP contribution is -2.35. The van der Waals surface area contributed by atoms with Gasteiger partial charge in [0.1, 0.15) is 0 Å². The number of anilines is 1. The normalized spacial score (nSPS) is 12.1. The van der Waals surface area contributed by atoms with Gasteiger partial charge in [-0.2, -0.15) is 5.10 Å². The fourth-order valence-corrected chi connectivity index (χ4v) is 1.80. The molecular formula is C14H18N4O. The van der Waals surface area contributed by atoms with Gasteiger partial charge >= 0.3 is 0 Å². The largest absolute Gasteiger partial charge is 0.325 e. The number of nitrogens with two attached hydrogens (primary N) is 1. The molecule has 0 fully saturated rings. The van der Waals surface area contributed by atoms with Gasteiger partial charge in [-0.15, -0.1) is 0 Å². The van der Waals surface area contributed by atoms with E-state index < -0.39 is 6.04 Å². The van der Waals surface area contributed by atoms with Crippen molar-refractivity contribution in [3.63, 3.8) is 0 Å². The molecule has 1 amide bonds. The van der Waals surface area contributed by atoms with E-state index in [2.05, 4.69) is 10.4 Å². The summed E-state index contributed by atoms with van der Waals surface area (Å²) < 4.78 is 1.76. The second-order valence-electron chi connectivity index (χ2n) is 4.38. The Labute approximate surface area is 112 Å². The van der Waals surface area contributed by atoms with Crippen molar-refractivity contribution >= 4 is 11.6 Å². The molecule has 0 saturated heterocycles. The number of rotatable bonds is 5. The Bertz CT molecular complexity index is 519. The fraction of sp³-hybridized carbons (Fsp3) is 0.286. The Morgan fingerprint density at radius 1 is 1.42 bits per heavy atom. The molecule has 0 unspecified atom stereocenters. The number of hydrogen-bond acceptors (Lipinski definition) is 3. The Morgan fingerprint density at radius 3 is 2.74 bits per heavy atom. The van der Waals surface area contributed by atoms with E-state index in [0.717, 1.165) is 17.8 Å². The van der Waals surface area contributed by atoms with Crippen LogP contribution in [0.15, 0.2) is 42.7 Å². The Morgan fingerprint density at radius 2 is 2.16 bits per heavy atom. The molecule has 0 radical (unpaired) electrons. The monoisotopic (exact) mass is 258 g/mol. The van der Waals surface area contributed by atoms with Crippen LogP contribution in [-0.2, 0) is 4.79 Å². The van der Waals surface area contributed by atoms with Crippen LogP contribution in [0.4, 0.5) is 5.69 Å². The minimum atomic E-state index is -0.448. The highest BCUT2D eigenvalue weighted by Crippen LogP contribution is 2.13. The number of amides is 1. The number of benzene rings is 1. The van der Waals surface area contributed by atoms with Crippen molar-refractivity contribution in [3.8, 4) is 5.69 Å². The quantitative estimate of drug-likeness (QED) is 0.860. The molecule has 0 aliphatic rings. The van der Waals surface area contributed by atoms with Gasteiger partial charge in [-0.1, -0.05) is 13.3 Å². The van der Waals surface area contributed by atoms with E-state index in [4.69, 9.17) is 5.73 Å². The topological polar surface area (TPSA) is 72.9 Å². The first-order valence-electron chi connectivity index (χ1n) is 6.37. The van der Waals surface area contributed by atoms with Gasteiger partial charge < -0.3 is 11.1 Å². The van der Waals surface area contributed by atoms with Gasteiger partial charge in [0.05, 0.1) is 11.7 Å². The molecule has 0 bridgehead atoms. The summed E-state index contributed by atoms with van der Waals surface area (Å²) in [6, 6.07) is 8.89. The van der Waals surface area contributed by atoms with Crippen LogP contribution < -0.4 is 11.1 Å². The first kappa shape index (κ1) is 13.3. The number of hydrogen-bond donors (Lipinski definition) is 2. The van der Waals surface area contributed by atoms with Gasteiger partial charge in [-0.25, -0.2) is 4.68 Å². The fourth-order valence-electron chi connectivity index (χ4n) is 1.80. The lowest BCUT2D eigenvalue weighted by molar-refractivity contribution is -0.117. The summed E-state index contributed by atoms with van der Waals surface area (Å²) in [5, 5.41) is 6.94. The molecule has 1 heterocycles. The summed E-state index contributed by atoms with van der Waals surface area (Å²) in [4.78, 5) is 11.8. The Balaban J connectivity index is 2.01. The van der Waals surface area contributed by atoms with E-state index in [1.807, 2.05) is 43.5 Å². The van der Waals surface area contributed by atoms with E-state index in [-0.39, 0.29) is 5.91 Å². The summed E-state index contributed by atoms with van der Waals surface area (Å²) in [5.41, 5.74) is 7.44. The second-order valence-corrected chi connectivity index (χ2v) is 4.38. The number of carbonyl (C=O) groups is 1. The van der Waals surface area contributed by atoms with Gasteiger partial charge in [0.15, 0.2) is 0 Å². The van der Waals surface area contributed by atoms with E-state index in [0.29, 0.717) is 6.42 Å². The number of aromatic nitrogens is 2. The van der Waals surface area contributed by atoms with Crippen LogP contribution in [0.3, 0.4) is 0 Å². The van der Waals surface area contributed by atoms with Crippen molar-refractivity contribution in [1.29, 1.82) is 0 Å². The molecule has 0 aliphatic carbocycles. The zero-order chi connectivity index (χ0) is 13.7. The van der Waals surface area contributed by atoms with Gasteiger partial charge in [-0.05, 0) is 36.8 Å². The van der Waals surface area contributed by atoms with Crippen molar-refractivity contribution in [3.05, 3.63) is 42.7 Å². The maximum absolute atomic E-state index is 11.8. The van der Waals surface area contributed by atoms with Crippen LogP contribution in [0.5, 0.6) is 0 Å². The lowest BCUT2D eigenvalue weighted by atomic mass is 10.1. The third kappa shape index (κ3) is 3.42. The van der Waals surface area contributed by atoms with E-state index in [1.54, 1.807) is 10.9 Å². The predicted molar refractivity (Wildman–Crippen MR) is 75.1 cm³/mol.